The van der Waals surface area contributed by atoms with Gasteiger partial charge >= 0.3 is 0 Å². The third-order valence-electron chi connectivity index (χ3n) is 3.83. The molecule has 0 saturated heterocycles. The van der Waals surface area contributed by atoms with Crippen molar-refractivity contribution < 1.29 is 9.59 Å². The summed E-state index contributed by atoms with van der Waals surface area (Å²) < 4.78 is 0.958. The number of hydrogen-bond donors (Lipinski definition) is 3. The predicted octanol–water partition coefficient (Wildman–Crippen LogP) is 1.87. The fourth-order valence-electron chi connectivity index (χ4n) is 2.51. The smallest absolute Gasteiger partial charge is 0.222 e. The Bertz CT molecular complexity index is 529. The van der Waals surface area contributed by atoms with Gasteiger partial charge in [0.25, 0.3) is 0 Å². The van der Waals surface area contributed by atoms with E-state index in [9.17, 15) is 9.59 Å². The zero-order valence-corrected chi connectivity index (χ0v) is 14.2. The van der Waals surface area contributed by atoms with Gasteiger partial charge in [0.15, 0.2) is 0 Å². The van der Waals surface area contributed by atoms with Crippen molar-refractivity contribution in [1.82, 2.24) is 10.6 Å². The second-order valence-corrected chi connectivity index (χ2v) is 6.67. The van der Waals surface area contributed by atoms with Crippen LogP contribution in [0.4, 0.5) is 0 Å². The molecule has 6 heteroatoms. The van der Waals surface area contributed by atoms with Gasteiger partial charge in [0.05, 0.1) is 12.5 Å². The summed E-state index contributed by atoms with van der Waals surface area (Å²) in [5.41, 5.74) is 6.62. The Kier molecular flexibility index (Phi) is 5.97. The molecule has 2 unspecified atom stereocenters. The third kappa shape index (κ3) is 5.10. The quantitative estimate of drug-likeness (QED) is 0.687. The minimum Gasteiger partial charge on any atom is -0.352 e. The summed E-state index contributed by atoms with van der Waals surface area (Å²) in [6.45, 7) is 1.91. The number of nitrogens with two attached hydrogens (primary N) is 1. The lowest BCUT2D eigenvalue weighted by Gasteiger charge is -2.21. The lowest BCUT2D eigenvalue weighted by Crippen LogP contribution is -2.43. The first-order chi connectivity index (χ1) is 10.5. The van der Waals surface area contributed by atoms with Crippen LogP contribution < -0.4 is 16.4 Å². The zero-order chi connectivity index (χ0) is 16.1. The van der Waals surface area contributed by atoms with Crippen LogP contribution in [-0.2, 0) is 9.59 Å². The van der Waals surface area contributed by atoms with Crippen LogP contribution in [0.15, 0.2) is 28.7 Å². The minimum absolute atomic E-state index is 0.0513. The summed E-state index contributed by atoms with van der Waals surface area (Å²) in [6.07, 6.45) is 2.47. The van der Waals surface area contributed by atoms with Gasteiger partial charge in [-0.25, -0.2) is 0 Å². The van der Waals surface area contributed by atoms with Crippen LogP contribution in [0.2, 0.25) is 0 Å². The average Bonchev–Trinajstić information content (AvgIpc) is 3.29. The minimum atomic E-state index is -0.330. The SMILES string of the molecule is CC(=O)NC(CC(=O)NC(CN)C1CC1)c1ccc(Br)cc1. The van der Waals surface area contributed by atoms with Crippen molar-refractivity contribution in [3.63, 3.8) is 0 Å². The maximum Gasteiger partial charge on any atom is 0.222 e. The summed E-state index contributed by atoms with van der Waals surface area (Å²) in [6, 6.07) is 7.32. The van der Waals surface area contributed by atoms with Gasteiger partial charge < -0.3 is 16.4 Å². The molecular formula is C16H22BrN3O2. The topological polar surface area (TPSA) is 84.2 Å². The number of carbonyl (C=O) groups is 2. The summed E-state index contributed by atoms with van der Waals surface area (Å²) >= 11 is 3.38. The Balaban J connectivity index is 2.00. The zero-order valence-electron chi connectivity index (χ0n) is 12.6. The van der Waals surface area contributed by atoms with Crippen LogP contribution in [0.3, 0.4) is 0 Å². The van der Waals surface area contributed by atoms with Gasteiger partial charge in [-0.05, 0) is 36.5 Å². The van der Waals surface area contributed by atoms with E-state index in [0.29, 0.717) is 12.5 Å². The van der Waals surface area contributed by atoms with Crippen molar-refractivity contribution in [1.29, 1.82) is 0 Å². The summed E-state index contributed by atoms with van der Waals surface area (Å²) in [4.78, 5) is 23.6. The largest absolute Gasteiger partial charge is 0.352 e. The molecule has 1 aliphatic carbocycles. The molecule has 0 spiro atoms. The molecular weight excluding hydrogens is 346 g/mol. The van der Waals surface area contributed by atoms with Gasteiger partial charge in [0.2, 0.25) is 11.8 Å². The molecule has 1 aromatic rings. The van der Waals surface area contributed by atoms with Gasteiger partial charge in [-0.1, -0.05) is 28.1 Å². The molecule has 1 aliphatic rings. The van der Waals surface area contributed by atoms with Gasteiger partial charge in [-0.3, -0.25) is 9.59 Å². The van der Waals surface area contributed by atoms with E-state index in [-0.39, 0.29) is 30.3 Å². The van der Waals surface area contributed by atoms with Crippen molar-refractivity contribution >= 4 is 27.7 Å². The number of hydrogen-bond acceptors (Lipinski definition) is 3. The second-order valence-electron chi connectivity index (χ2n) is 5.76. The van der Waals surface area contributed by atoms with Crippen LogP contribution in [0.25, 0.3) is 0 Å². The van der Waals surface area contributed by atoms with E-state index >= 15 is 0 Å². The first-order valence-corrected chi connectivity index (χ1v) is 8.31. The van der Waals surface area contributed by atoms with Crippen molar-refractivity contribution in [2.45, 2.75) is 38.3 Å². The maximum atomic E-state index is 12.2. The van der Waals surface area contributed by atoms with Gasteiger partial charge in [0, 0.05) is 24.0 Å². The molecule has 0 heterocycles. The van der Waals surface area contributed by atoms with E-state index in [2.05, 4.69) is 26.6 Å². The number of benzene rings is 1. The van der Waals surface area contributed by atoms with E-state index in [4.69, 9.17) is 5.73 Å². The second kappa shape index (κ2) is 7.74. The van der Waals surface area contributed by atoms with Crippen LogP contribution in [-0.4, -0.2) is 24.4 Å². The Morgan fingerprint density at radius 3 is 2.41 bits per heavy atom. The van der Waals surface area contributed by atoms with Crippen LogP contribution in [0, 0.1) is 5.92 Å². The fraction of sp³-hybridized carbons (Fsp3) is 0.500. The maximum absolute atomic E-state index is 12.2. The lowest BCUT2D eigenvalue weighted by molar-refractivity contribution is -0.123. The van der Waals surface area contributed by atoms with E-state index in [1.54, 1.807) is 0 Å². The molecule has 2 atom stereocenters. The fourth-order valence-corrected chi connectivity index (χ4v) is 2.78. The molecule has 5 nitrogen and oxygen atoms in total. The lowest BCUT2D eigenvalue weighted by atomic mass is 10.0. The number of amides is 2. The highest BCUT2D eigenvalue weighted by molar-refractivity contribution is 9.10. The van der Waals surface area contributed by atoms with Crippen molar-refractivity contribution in [3.8, 4) is 0 Å². The molecule has 2 rings (SSSR count). The molecule has 0 aromatic heterocycles. The normalized spacial score (nSPS) is 16.7. The first-order valence-electron chi connectivity index (χ1n) is 7.51. The number of rotatable bonds is 7. The van der Waals surface area contributed by atoms with Crippen molar-refractivity contribution in [3.05, 3.63) is 34.3 Å². The predicted molar refractivity (Wildman–Crippen MR) is 89.0 cm³/mol. The molecule has 120 valence electrons. The molecule has 0 bridgehead atoms. The Hall–Kier alpha value is -1.40. The number of carbonyl (C=O) groups excluding carboxylic acids is 2. The molecule has 0 aliphatic heterocycles. The van der Waals surface area contributed by atoms with Gasteiger partial charge in [-0.15, -0.1) is 0 Å². The molecule has 1 saturated carbocycles. The standard InChI is InChI=1S/C16H22BrN3O2/c1-10(21)19-14(11-4-6-13(17)7-5-11)8-16(22)20-15(9-18)12-2-3-12/h4-7,12,14-15H,2-3,8-9,18H2,1H3,(H,19,21)(H,20,22). The highest BCUT2D eigenvalue weighted by Gasteiger charge is 2.31. The average molecular weight is 368 g/mol. The molecule has 4 N–H and O–H groups in total. The van der Waals surface area contributed by atoms with E-state index in [1.165, 1.54) is 6.92 Å². The van der Waals surface area contributed by atoms with Gasteiger partial charge in [-0.2, -0.15) is 0 Å². The van der Waals surface area contributed by atoms with E-state index in [0.717, 1.165) is 22.9 Å². The molecule has 22 heavy (non-hydrogen) atoms. The van der Waals surface area contributed by atoms with Crippen LogP contribution in [0.1, 0.15) is 37.8 Å². The van der Waals surface area contributed by atoms with E-state index in [1.807, 2.05) is 24.3 Å². The third-order valence-corrected chi connectivity index (χ3v) is 4.36. The summed E-state index contributed by atoms with van der Waals surface area (Å²) in [5, 5.41) is 5.83. The molecule has 1 fully saturated rings. The molecule has 2 amide bonds. The van der Waals surface area contributed by atoms with Crippen LogP contribution >= 0.6 is 15.9 Å². The highest BCUT2D eigenvalue weighted by Crippen LogP contribution is 2.32. The molecule has 1 aromatic carbocycles. The highest BCUT2D eigenvalue weighted by atomic mass is 79.9. The summed E-state index contributed by atoms with van der Waals surface area (Å²) in [7, 11) is 0. The van der Waals surface area contributed by atoms with Crippen molar-refractivity contribution in [2.24, 2.45) is 11.7 Å². The number of nitrogens with one attached hydrogen (secondary N) is 2. The Morgan fingerprint density at radius 2 is 1.91 bits per heavy atom. The first kappa shape index (κ1) is 17.0. The van der Waals surface area contributed by atoms with Crippen LogP contribution in [0.5, 0.6) is 0 Å². The monoisotopic (exact) mass is 367 g/mol. The van der Waals surface area contributed by atoms with Gasteiger partial charge in [0.1, 0.15) is 0 Å². The Morgan fingerprint density at radius 1 is 1.27 bits per heavy atom. The Labute approximate surface area is 139 Å². The number of halogens is 1. The van der Waals surface area contributed by atoms with Crippen molar-refractivity contribution in [2.75, 3.05) is 6.54 Å². The summed E-state index contributed by atoms with van der Waals surface area (Å²) in [5.74, 6) is 0.281. The molecule has 0 radical (unpaired) electrons. The van der Waals surface area contributed by atoms with E-state index < -0.39 is 0 Å².